The van der Waals surface area contributed by atoms with E-state index in [1.165, 1.54) is 0 Å². The number of carbonyl (C=O) groups is 2. The molecule has 0 atom stereocenters. The molecule has 0 bridgehead atoms. The molecule has 1 aromatic rings. The van der Waals surface area contributed by atoms with Gasteiger partial charge in [-0.05, 0) is 31.0 Å². The van der Waals surface area contributed by atoms with E-state index in [2.05, 4.69) is 17.2 Å². The monoisotopic (exact) mass is 246 g/mol. The summed E-state index contributed by atoms with van der Waals surface area (Å²) in [6.07, 6.45) is 0.900. The lowest BCUT2D eigenvalue weighted by atomic mass is 10.1. The van der Waals surface area contributed by atoms with Gasteiger partial charge in [-0.25, -0.2) is 0 Å². The van der Waals surface area contributed by atoms with E-state index in [9.17, 15) is 9.59 Å². The number of hydrogen-bond donors (Lipinski definition) is 2. The second-order valence-corrected chi connectivity index (χ2v) is 4.10. The van der Waals surface area contributed by atoms with Gasteiger partial charge in [0.2, 0.25) is 5.91 Å². The van der Waals surface area contributed by atoms with Crippen molar-refractivity contribution in [1.29, 1.82) is 0 Å². The number of benzene rings is 1. The Balaban J connectivity index is 2.42. The lowest BCUT2D eigenvalue weighted by molar-refractivity contribution is -0.128. The third-order valence-corrected chi connectivity index (χ3v) is 2.52. The zero-order valence-corrected chi connectivity index (χ0v) is 10.7. The quantitative estimate of drug-likeness (QED) is 0.780. The van der Waals surface area contributed by atoms with Crippen molar-refractivity contribution in [2.75, 3.05) is 12.4 Å². The van der Waals surface area contributed by atoms with Crippen molar-refractivity contribution in [3.8, 4) is 0 Å². The fourth-order valence-electron chi connectivity index (χ4n) is 1.39. The molecule has 4 nitrogen and oxygen atoms in total. The Morgan fingerprint density at radius 2 is 1.83 bits per heavy atom. The number of rotatable bonds is 5. The Morgan fingerprint density at radius 1 is 1.22 bits per heavy atom. The topological polar surface area (TPSA) is 58.2 Å². The van der Waals surface area contributed by atoms with E-state index in [0.29, 0.717) is 12.0 Å². The van der Waals surface area contributed by atoms with Crippen LogP contribution in [0.3, 0.4) is 0 Å². The van der Waals surface area contributed by atoms with Crippen LogP contribution in [0, 0.1) is 0 Å². The highest BCUT2D eigenvalue weighted by Crippen LogP contribution is 2.10. The molecule has 4 heteroatoms. The standard InChI is InChI=1S/C14H18N2O2/c1-10(2)14(18)16-13(17)9-6-11-4-7-12(15-3)8-5-11/h4-5,7-8,15H,1,6,9H2,2-3H3,(H,16,17,18). The van der Waals surface area contributed by atoms with E-state index in [4.69, 9.17) is 0 Å². The molecule has 0 aliphatic heterocycles. The first-order valence-corrected chi connectivity index (χ1v) is 5.79. The van der Waals surface area contributed by atoms with Crippen LogP contribution in [0.1, 0.15) is 18.9 Å². The molecule has 1 rings (SSSR count). The molecule has 2 amide bonds. The molecule has 0 heterocycles. The smallest absolute Gasteiger partial charge is 0.252 e. The van der Waals surface area contributed by atoms with Crippen LogP contribution in [0.15, 0.2) is 36.4 Å². The Morgan fingerprint density at radius 3 is 2.33 bits per heavy atom. The fourth-order valence-corrected chi connectivity index (χ4v) is 1.39. The summed E-state index contributed by atoms with van der Waals surface area (Å²) < 4.78 is 0. The van der Waals surface area contributed by atoms with Crippen LogP contribution < -0.4 is 10.6 Å². The minimum Gasteiger partial charge on any atom is -0.388 e. The number of imide groups is 1. The molecule has 0 saturated carbocycles. The minimum absolute atomic E-state index is 0.277. The molecule has 0 saturated heterocycles. The van der Waals surface area contributed by atoms with E-state index in [1.807, 2.05) is 31.3 Å². The summed E-state index contributed by atoms with van der Waals surface area (Å²) in [5, 5.41) is 5.31. The molecule has 0 unspecified atom stereocenters. The van der Waals surface area contributed by atoms with Crippen molar-refractivity contribution >= 4 is 17.5 Å². The van der Waals surface area contributed by atoms with Gasteiger partial charge in [0.25, 0.3) is 5.91 Å². The van der Waals surface area contributed by atoms with E-state index in [-0.39, 0.29) is 12.3 Å². The van der Waals surface area contributed by atoms with Crippen LogP contribution in [0.4, 0.5) is 5.69 Å². The second kappa shape index (κ2) is 6.59. The summed E-state index contributed by atoms with van der Waals surface area (Å²) in [4.78, 5) is 22.7. The maximum Gasteiger partial charge on any atom is 0.252 e. The average molecular weight is 246 g/mol. The second-order valence-electron chi connectivity index (χ2n) is 4.10. The molecule has 0 aromatic heterocycles. The molecule has 2 N–H and O–H groups in total. The van der Waals surface area contributed by atoms with Gasteiger partial charge in [0, 0.05) is 24.7 Å². The SMILES string of the molecule is C=C(C)C(=O)NC(=O)CCc1ccc(NC)cc1. The molecule has 0 aliphatic carbocycles. The largest absolute Gasteiger partial charge is 0.388 e. The number of aryl methyl sites for hydroxylation is 1. The van der Waals surface area contributed by atoms with Crippen molar-refractivity contribution in [3.05, 3.63) is 42.0 Å². The summed E-state index contributed by atoms with van der Waals surface area (Å²) in [6, 6.07) is 7.82. The highest BCUT2D eigenvalue weighted by molar-refractivity contribution is 6.03. The fraction of sp³-hybridized carbons (Fsp3) is 0.286. The van der Waals surface area contributed by atoms with Crippen molar-refractivity contribution in [2.24, 2.45) is 0 Å². The maximum absolute atomic E-state index is 11.5. The van der Waals surface area contributed by atoms with Crippen LogP contribution in [0.25, 0.3) is 0 Å². The number of nitrogens with one attached hydrogen (secondary N) is 2. The first-order chi connectivity index (χ1) is 8.52. The van der Waals surface area contributed by atoms with Gasteiger partial charge in [0.1, 0.15) is 0 Å². The van der Waals surface area contributed by atoms with Gasteiger partial charge >= 0.3 is 0 Å². The van der Waals surface area contributed by atoms with Crippen LogP contribution >= 0.6 is 0 Å². The summed E-state index contributed by atoms with van der Waals surface area (Å²) in [5.74, 6) is -0.689. The van der Waals surface area contributed by atoms with Crippen molar-refractivity contribution < 1.29 is 9.59 Å². The van der Waals surface area contributed by atoms with Crippen LogP contribution in [-0.4, -0.2) is 18.9 Å². The van der Waals surface area contributed by atoms with Crippen LogP contribution in [0.5, 0.6) is 0 Å². The first kappa shape index (κ1) is 14.0. The minimum atomic E-state index is -0.412. The zero-order valence-electron chi connectivity index (χ0n) is 10.7. The maximum atomic E-state index is 11.5. The summed E-state index contributed by atoms with van der Waals surface area (Å²) in [6.45, 7) is 5.04. The molecule has 1 aromatic carbocycles. The Kier molecular flexibility index (Phi) is 5.11. The zero-order chi connectivity index (χ0) is 13.5. The third kappa shape index (κ3) is 4.41. The number of anilines is 1. The number of amides is 2. The number of hydrogen-bond acceptors (Lipinski definition) is 3. The third-order valence-electron chi connectivity index (χ3n) is 2.52. The average Bonchev–Trinajstić information content (AvgIpc) is 2.36. The predicted molar refractivity (Wildman–Crippen MR) is 72.3 cm³/mol. The Hall–Kier alpha value is -2.10. The van der Waals surface area contributed by atoms with Gasteiger partial charge in [0.05, 0.1) is 0 Å². The van der Waals surface area contributed by atoms with Gasteiger partial charge in [0.15, 0.2) is 0 Å². The Labute approximate surface area is 107 Å². The van der Waals surface area contributed by atoms with Gasteiger partial charge in [-0.2, -0.15) is 0 Å². The summed E-state index contributed by atoms with van der Waals surface area (Å²) in [5.41, 5.74) is 2.43. The van der Waals surface area contributed by atoms with E-state index in [1.54, 1.807) is 6.92 Å². The molecule has 0 fully saturated rings. The van der Waals surface area contributed by atoms with Gasteiger partial charge in [-0.15, -0.1) is 0 Å². The highest BCUT2D eigenvalue weighted by Gasteiger charge is 2.08. The summed E-state index contributed by atoms with van der Waals surface area (Å²) in [7, 11) is 1.85. The lowest BCUT2D eigenvalue weighted by Crippen LogP contribution is -2.30. The number of carbonyl (C=O) groups excluding carboxylic acids is 2. The lowest BCUT2D eigenvalue weighted by Gasteiger charge is -2.05. The van der Waals surface area contributed by atoms with Crippen molar-refractivity contribution in [1.82, 2.24) is 5.32 Å². The predicted octanol–water partition coefficient (Wildman–Crippen LogP) is 1.88. The van der Waals surface area contributed by atoms with E-state index >= 15 is 0 Å². The van der Waals surface area contributed by atoms with Gasteiger partial charge < -0.3 is 5.32 Å². The highest BCUT2D eigenvalue weighted by atomic mass is 16.2. The molecule has 96 valence electrons. The van der Waals surface area contributed by atoms with Crippen molar-refractivity contribution in [3.63, 3.8) is 0 Å². The molecule has 0 spiro atoms. The van der Waals surface area contributed by atoms with E-state index < -0.39 is 5.91 Å². The molecular formula is C14H18N2O2. The van der Waals surface area contributed by atoms with Gasteiger partial charge in [-0.3, -0.25) is 14.9 Å². The van der Waals surface area contributed by atoms with Crippen LogP contribution in [0.2, 0.25) is 0 Å². The normalized spacial score (nSPS) is 9.67. The molecule has 0 aliphatic rings. The van der Waals surface area contributed by atoms with E-state index in [0.717, 1.165) is 11.3 Å². The first-order valence-electron chi connectivity index (χ1n) is 5.79. The van der Waals surface area contributed by atoms with Gasteiger partial charge in [-0.1, -0.05) is 18.7 Å². The van der Waals surface area contributed by atoms with Crippen molar-refractivity contribution in [2.45, 2.75) is 19.8 Å². The Bertz CT molecular complexity index is 449. The molecule has 0 radical (unpaired) electrons. The molecule has 18 heavy (non-hydrogen) atoms. The molecular weight excluding hydrogens is 228 g/mol. The summed E-state index contributed by atoms with van der Waals surface area (Å²) >= 11 is 0. The van der Waals surface area contributed by atoms with Crippen LogP contribution in [-0.2, 0) is 16.0 Å².